The Morgan fingerprint density at radius 3 is 2.47 bits per heavy atom. The summed E-state index contributed by atoms with van der Waals surface area (Å²) in [6.07, 6.45) is 2.31. The lowest BCUT2D eigenvalue weighted by Gasteiger charge is -2.23. The number of nitrogens with one attached hydrogen (secondary N) is 2. The molecule has 0 aliphatic heterocycles. The van der Waals surface area contributed by atoms with Crippen molar-refractivity contribution in [1.82, 2.24) is 15.2 Å². The Labute approximate surface area is 188 Å². The maximum Gasteiger partial charge on any atom is 0.408 e. The van der Waals surface area contributed by atoms with Gasteiger partial charge in [-0.1, -0.05) is 30.3 Å². The molecule has 3 aromatic rings. The van der Waals surface area contributed by atoms with E-state index < -0.39 is 17.7 Å². The summed E-state index contributed by atoms with van der Waals surface area (Å²) < 4.78 is 7.39. The summed E-state index contributed by atoms with van der Waals surface area (Å²) in [6, 6.07) is 14.0. The SMILES string of the molecule is Cn1cc(CC(NC(=O)OC(C)(C)C)C(=O)NCCc2ccc(O)cc2)c2ccccc21. The lowest BCUT2D eigenvalue weighted by molar-refractivity contribution is -0.123. The summed E-state index contributed by atoms with van der Waals surface area (Å²) >= 11 is 0. The van der Waals surface area contributed by atoms with Gasteiger partial charge in [0.15, 0.2) is 0 Å². The molecule has 0 radical (unpaired) electrons. The molecular formula is C25H31N3O4. The molecule has 1 heterocycles. The van der Waals surface area contributed by atoms with Gasteiger partial charge in [0.25, 0.3) is 0 Å². The van der Waals surface area contributed by atoms with Gasteiger partial charge in [0.1, 0.15) is 17.4 Å². The van der Waals surface area contributed by atoms with Gasteiger partial charge in [-0.2, -0.15) is 0 Å². The smallest absolute Gasteiger partial charge is 0.408 e. The van der Waals surface area contributed by atoms with Crippen molar-refractivity contribution in [2.75, 3.05) is 6.54 Å². The number of rotatable bonds is 7. The zero-order chi connectivity index (χ0) is 23.3. The average molecular weight is 438 g/mol. The molecule has 2 amide bonds. The Hall–Kier alpha value is -3.48. The number of nitrogens with zero attached hydrogens (tertiary/aromatic N) is 1. The Kier molecular flexibility index (Phi) is 7.08. The summed E-state index contributed by atoms with van der Waals surface area (Å²) in [5.74, 6) is -0.0722. The number of aryl methyl sites for hydroxylation is 1. The van der Waals surface area contributed by atoms with Crippen LogP contribution in [0.15, 0.2) is 54.7 Å². The molecule has 0 spiro atoms. The van der Waals surface area contributed by atoms with E-state index in [0.717, 1.165) is 22.0 Å². The quantitative estimate of drug-likeness (QED) is 0.526. The largest absolute Gasteiger partial charge is 0.508 e. The Balaban J connectivity index is 1.72. The maximum absolute atomic E-state index is 13.0. The van der Waals surface area contributed by atoms with Crippen molar-refractivity contribution in [3.63, 3.8) is 0 Å². The maximum atomic E-state index is 13.0. The lowest BCUT2D eigenvalue weighted by atomic mass is 10.0. The third kappa shape index (κ3) is 6.26. The van der Waals surface area contributed by atoms with Crippen LogP contribution in [0.4, 0.5) is 4.79 Å². The van der Waals surface area contributed by atoms with Crippen LogP contribution in [0.25, 0.3) is 10.9 Å². The number of aromatic nitrogens is 1. The van der Waals surface area contributed by atoms with Crippen LogP contribution < -0.4 is 10.6 Å². The zero-order valence-electron chi connectivity index (χ0n) is 19.0. The fourth-order valence-electron chi connectivity index (χ4n) is 3.58. The van der Waals surface area contributed by atoms with Crippen molar-refractivity contribution in [1.29, 1.82) is 0 Å². The normalized spacial score (nSPS) is 12.4. The molecule has 7 heteroatoms. The Morgan fingerprint density at radius 1 is 1.09 bits per heavy atom. The van der Waals surface area contributed by atoms with Gasteiger partial charge in [0.2, 0.25) is 5.91 Å². The summed E-state index contributed by atoms with van der Waals surface area (Å²) in [5.41, 5.74) is 2.36. The number of aromatic hydroxyl groups is 1. The molecule has 0 saturated heterocycles. The number of carbonyl (C=O) groups excluding carboxylic acids is 2. The number of para-hydroxylation sites is 1. The minimum absolute atomic E-state index is 0.203. The van der Waals surface area contributed by atoms with Crippen LogP contribution in [0, 0.1) is 0 Å². The first kappa shape index (κ1) is 23.2. The highest BCUT2D eigenvalue weighted by molar-refractivity contribution is 5.88. The number of alkyl carbamates (subject to hydrolysis) is 1. The highest BCUT2D eigenvalue weighted by Gasteiger charge is 2.25. The molecule has 1 aromatic heterocycles. The second-order valence-electron chi connectivity index (χ2n) is 8.89. The molecule has 2 aromatic carbocycles. The summed E-state index contributed by atoms with van der Waals surface area (Å²) in [7, 11) is 1.96. The lowest BCUT2D eigenvalue weighted by Crippen LogP contribution is -2.49. The first-order valence-corrected chi connectivity index (χ1v) is 10.7. The van der Waals surface area contributed by atoms with Crippen LogP contribution in [0.2, 0.25) is 0 Å². The van der Waals surface area contributed by atoms with E-state index in [1.807, 2.05) is 54.2 Å². The molecule has 0 bridgehead atoms. The summed E-state index contributed by atoms with van der Waals surface area (Å²) in [5, 5.41) is 16.1. The number of carbonyl (C=O) groups is 2. The highest BCUT2D eigenvalue weighted by atomic mass is 16.6. The number of phenolic OH excluding ortho intramolecular Hbond substituents is 1. The predicted octanol–water partition coefficient (Wildman–Crippen LogP) is 3.68. The molecule has 170 valence electrons. The standard InChI is InChI=1S/C25H31N3O4/c1-25(2,3)32-24(31)27-21(15-18-16-28(4)22-8-6-5-7-20(18)22)23(30)26-14-13-17-9-11-19(29)12-10-17/h5-12,16,21,29H,13-15H2,1-4H3,(H,26,30)(H,27,31). The number of ether oxygens (including phenoxy) is 1. The second kappa shape index (κ2) is 9.77. The van der Waals surface area contributed by atoms with Crippen LogP contribution in [0.5, 0.6) is 5.75 Å². The van der Waals surface area contributed by atoms with Crippen molar-refractivity contribution >= 4 is 22.9 Å². The summed E-state index contributed by atoms with van der Waals surface area (Å²) in [6.45, 7) is 5.75. The van der Waals surface area contributed by atoms with E-state index in [2.05, 4.69) is 10.6 Å². The van der Waals surface area contributed by atoms with E-state index in [1.165, 1.54) is 0 Å². The molecule has 32 heavy (non-hydrogen) atoms. The van der Waals surface area contributed by atoms with E-state index in [0.29, 0.717) is 19.4 Å². The molecule has 3 rings (SSSR count). The number of benzene rings is 2. The molecule has 0 aliphatic carbocycles. The first-order valence-electron chi connectivity index (χ1n) is 10.7. The Morgan fingerprint density at radius 2 is 1.78 bits per heavy atom. The van der Waals surface area contributed by atoms with Gasteiger partial charge in [0.05, 0.1) is 0 Å². The van der Waals surface area contributed by atoms with Gasteiger partial charge in [-0.15, -0.1) is 0 Å². The van der Waals surface area contributed by atoms with Gasteiger partial charge >= 0.3 is 6.09 Å². The monoisotopic (exact) mass is 437 g/mol. The number of phenols is 1. The number of amides is 2. The van der Waals surface area contributed by atoms with E-state index in [9.17, 15) is 14.7 Å². The second-order valence-corrected chi connectivity index (χ2v) is 8.89. The number of fused-ring (bicyclic) bond motifs is 1. The van der Waals surface area contributed by atoms with Crippen LogP contribution in [-0.2, 0) is 29.4 Å². The zero-order valence-corrected chi connectivity index (χ0v) is 19.0. The third-order valence-electron chi connectivity index (χ3n) is 5.06. The topological polar surface area (TPSA) is 92.6 Å². The fourth-order valence-corrected chi connectivity index (χ4v) is 3.58. The fraction of sp³-hybridized carbons (Fsp3) is 0.360. The first-order chi connectivity index (χ1) is 15.1. The van der Waals surface area contributed by atoms with Crippen molar-refractivity contribution in [3.05, 3.63) is 65.9 Å². The minimum Gasteiger partial charge on any atom is -0.508 e. The van der Waals surface area contributed by atoms with Gasteiger partial charge in [-0.25, -0.2) is 4.79 Å². The molecule has 3 N–H and O–H groups in total. The molecule has 0 saturated carbocycles. The predicted molar refractivity (Wildman–Crippen MR) is 125 cm³/mol. The van der Waals surface area contributed by atoms with Crippen molar-refractivity contribution < 1.29 is 19.4 Å². The van der Waals surface area contributed by atoms with Crippen LogP contribution in [0.3, 0.4) is 0 Å². The van der Waals surface area contributed by atoms with Crippen molar-refractivity contribution in [3.8, 4) is 5.75 Å². The molecule has 0 aliphatic rings. The van der Waals surface area contributed by atoms with E-state index in [1.54, 1.807) is 32.9 Å². The minimum atomic E-state index is -0.782. The van der Waals surface area contributed by atoms with Gasteiger partial charge < -0.3 is 25.0 Å². The van der Waals surface area contributed by atoms with Crippen molar-refractivity contribution in [2.45, 2.75) is 45.3 Å². The Bertz CT molecular complexity index is 1080. The van der Waals surface area contributed by atoms with E-state index in [-0.39, 0.29) is 11.7 Å². The van der Waals surface area contributed by atoms with Crippen molar-refractivity contribution in [2.24, 2.45) is 7.05 Å². The van der Waals surface area contributed by atoms with Gasteiger partial charge in [-0.3, -0.25) is 4.79 Å². The van der Waals surface area contributed by atoms with Crippen LogP contribution in [-0.4, -0.2) is 39.9 Å². The highest BCUT2D eigenvalue weighted by Crippen LogP contribution is 2.22. The van der Waals surface area contributed by atoms with Gasteiger partial charge in [0, 0.05) is 37.1 Å². The molecular weight excluding hydrogens is 406 g/mol. The van der Waals surface area contributed by atoms with E-state index in [4.69, 9.17) is 4.74 Å². The molecule has 1 unspecified atom stereocenters. The average Bonchev–Trinajstić information content (AvgIpc) is 3.03. The molecule has 1 atom stereocenters. The summed E-state index contributed by atoms with van der Waals surface area (Å²) in [4.78, 5) is 25.4. The van der Waals surface area contributed by atoms with Crippen LogP contribution in [0.1, 0.15) is 31.9 Å². The molecule has 0 fully saturated rings. The number of hydrogen-bond acceptors (Lipinski definition) is 4. The molecule has 7 nitrogen and oxygen atoms in total. The third-order valence-corrected chi connectivity index (χ3v) is 5.06. The van der Waals surface area contributed by atoms with E-state index >= 15 is 0 Å². The van der Waals surface area contributed by atoms with Gasteiger partial charge in [-0.05, 0) is 56.5 Å². The number of hydrogen-bond donors (Lipinski definition) is 3. The van der Waals surface area contributed by atoms with Crippen LogP contribution >= 0.6 is 0 Å².